The van der Waals surface area contributed by atoms with E-state index in [0.29, 0.717) is 16.9 Å². The summed E-state index contributed by atoms with van der Waals surface area (Å²) >= 11 is 1.36. The molecule has 0 spiro atoms. The van der Waals surface area contributed by atoms with Gasteiger partial charge in [-0.2, -0.15) is 0 Å². The van der Waals surface area contributed by atoms with Crippen LogP contribution in [0.25, 0.3) is 0 Å². The van der Waals surface area contributed by atoms with E-state index in [-0.39, 0.29) is 31.8 Å². The first-order chi connectivity index (χ1) is 15.9. The van der Waals surface area contributed by atoms with Gasteiger partial charge in [0.15, 0.2) is 0 Å². The van der Waals surface area contributed by atoms with Crippen molar-refractivity contribution in [3.63, 3.8) is 0 Å². The highest BCUT2D eigenvalue weighted by molar-refractivity contribution is 7.99. The van der Waals surface area contributed by atoms with Crippen LogP contribution in [0.2, 0.25) is 0 Å². The maximum atomic E-state index is 11.3. The molecule has 2 aromatic carbocycles. The molecule has 34 heavy (non-hydrogen) atoms. The average molecular weight is 536 g/mol. The molecule has 13 heteroatoms. The smallest absolute Gasteiger partial charge is 0.325 e. The third-order valence-electron chi connectivity index (χ3n) is 5.02. The van der Waals surface area contributed by atoms with E-state index in [1.54, 1.807) is 42.5 Å². The Hall–Kier alpha value is -1.23. The van der Waals surface area contributed by atoms with Crippen molar-refractivity contribution >= 4 is 27.0 Å². The van der Waals surface area contributed by atoms with Crippen molar-refractivity contribution in [2.24, 2.45) is 5.41 Å². The SMILES string of the molecule is O=P(O)(O)CCc1cc(CCP(=O)(O)O)cc(Sc2ccc(OCC(CO)(CO)CO)cc2)c1. The molecule has 0 heterocycles. The van der Waals surface area contributed by atoms with Gasteiger partial charge < -0.3 is 39.6 Å². The summed E-state index contributed by atoms with van der Waals surface area (Å²) in [5.41, 5.74) is 0.162. The van der Waals surface area contributed by atoms with Gasteiger partial charge in [0, 0.05) is 9.79 Å². The molecule has 0 saturated carbocycles. The molecule has 0 fully saturated rings. The zero-order valence-corrected chi connectivity index (χ0v) is 21.0. The van der Waals surface area contributed by atoms with Gasteiger partial charge in [-0.25, -0.2) is 0 Å². The maximum absolute atomic E-state index is 11.3. The second-order valence-corrected chi connectivity index (χ2v) is 12.8. The lowest BCUT2D eigenvalue weighted by Gasteiger charge is -2.27. The van der Waals surface area contributed by atoms with Crippen LogP contribution in [0.4, 0.5) is 0 Å². The predicted molar refractivity (Wildman–Crippen MR) is 127 cm³/mol. The minimum absolute atomic E-state index is 0.0759. The number of hydrogen-bond donors (Lipinski definition) is 7. The normalized spacial score (nSPS) is 12.7. The van der Waals surface area contributed by atoms with Gasteiger partial charge in [0.1, 0.15) is 12.4 Å². The lowest BCUT2D eigenvalue weighted by molar-refractivity contribution is -0.0258. The van der Waals surface area contributed by atoms with Gasteiger partial charge in [0.2, 0.25) is 0 Å². The van der Waals surface area contributed by atoms with E-state index in [1.165, 1.54) is 11.8 Å². The summed E-state index contributed by atoms with van der Waals surface area (Å²) < 4.78 is 28.1. The highest BCUT2D eigenvalue weighted by Crippen LogP contribution is 2.38. The summed E-state index contributed by atoms with van der Waals surface area (Å²) in [5.74, 6) is 0.474. The third-order valence-corrected chi connectivity index (χ3v) is 7.61. The van der Waals surface area contributed by atoms with Crippen LogP contribution >= 0.6 is 27.0 Å². The van der Waals surface area contributed by atoms with Crippen LogP contribution < -0.4 is 4.74 Å². The number of aliphatic hydroxyl groups excluding tert-OH is 3. The zero-order valence-electron chi connectivity index (χ0n) is 18.4. The minimum Gasteiger partial charge on any atom is -0.493 e. The number of rotatable bonds is 14. The molecule has 0 unspecified atom stereocenters. The molecule has 10 nitrogen and oxygen atoms in total. The molecule has 0 amide bonds. The standard InChI is InChI=1S/C21H30O10P2S/c22-12-21(13-23,14-24)15-31-18-1-3-19(4-2-18)34-20-10-16(5-7-32(25,26)27)9-17(11-20)6-8-33(28,29)30/h1-4,9-11,22-24H,5-8,12-15H2,(H2,25,26,27)(H2,28,29,30). The largest absolute Gasteiger partial charge is 0.493 e. The Bertz CT molecular complexity index is 962. The third kappa shape index (κ3) is 10.2. The fraction of sp³-hybridized carbons (Fsp3) is 0.429. The van der Waals surface area contributed by atoms with Gasteiger partial charge in [-0.1, -0.05) is 17.8 Å². The summed E-state index contributed by atoms with van der Waals surface area (Å²) in [5, 5.41) is 28.1. The highest BCUT2D eigenvalue weighted by atomic mass is 32.2. The first kappa shape index (κ1) is 29.0. The molecule has 0 atom stereocenters. The monoisotopic (exact) mass is 536 g/mol. The van der Waals surface area contributed by atoms with E-state index in [9.17, 15) is 44.0 Å². The van der Waals surface area contributed by atoms with Gasteiger partial charge >= 0.3 is 15.2 Å². The van der Waals surface area contributed by atoms with Crippen molar-refractivity contribution in [1.82, 2.24) is 0 Å². The average Bonchev–Trinajstić information content (AvgIpc) is 2.78. The summed E-state index contributed by atoms with van der Waals surface area (Å²) in [7, 11) is -8.39. The highest BCUT2D eigenvalue weighted by Gasteiger charge is 2.29. The topological polar surface area (TPSA) is 185 Å². The van der Waals surface area contributed by atoms with Gasteiger partial charge in [-0.05, 0) is 60.4 Å². The molecular weight excluding hydrogens is 506 g/mol. The summed E-state index contributed by atoms with van der Waals surface area (Å²) in [6.45, 7) is -1.38. The summed E-state index contributed by atoms with van der Waals surface area (Å²) in [6, 6.07) is 12.2. The van der Waals surface area contributed by atoms with Crippen molar-refractivity contribution in [1.29, 1.82) is 0 Å². The van der Waals surface area contributed by atoms with Gasteiger partial charge in [-0.3, -0.25) is 9.13 Å². The lowest BCUT2D eigenvalue weighted by atomic mass is 9.93. The quantitative estimate of drug-likeness (QED) is 0.174. The number of hydrogen-bond acceptors (Lipinski definition) is 7. The van der Waals surface area contributed by atoms with Crippen LogP contribution in [-0.2, 0) is 22.0 Å². The van der Waals surface area contributed by atoms with Gasteiger partial charge in [0.05, 0.1) is 37.6 Å². The van der Waals surface area contributed by atoms with E-state index in [1.807, 2.05) is 0 Å². The van der Waals surface area contributed by atoms with Crippen LogP contribution in [0.1, 0.15) is 11.1 Å². The van der Waals surface area contributed by atoms with Gasteiger partial charge in [0.25, 0.3) is 0 Å². The summed E-state index contributed by atoms with van der Waals surface area (Å²) in [4.78, 5) is 38.3. The molecule has 0 radical (unpaired) electrons. The van der Waals surface area contributed by atoms with E-state index in [0.717, 1.165) is 9.79 Å². The Morgan fingerprint density at radius 3 is 1.62 bits per heavy atom. The van der Waals surface area contributed by atoms with Crippen LogP contribution in [0.3, 0.4) is 0 Å². The Morgan fingerprint density at radius 1 is 0.735 bits per heavy atom. The van der Waals surface area contributed by atoms with Crippen LogP contribution in [-0.4, -0.2) is 73.6 Å². The van der Waals surface area contributed by atoms with Gasteiger partial charge in [-0.15, -0.1) is 0 Å². The molecule has 2 aromatic rings. The van der Waals surface area contributed by atoms with Crippen LogP contribution in [0, 0.1) is 5.41 Å². The molecule has 0 saturated heterocycles. The van der Waals surface area contributed by atoms with Crippen LogP contribution in [0.15, 0.2) is 52.3 Å². The number of aryl methyl sites for hydroxylation is 2. The second kappa shape index (κ2) is 12.6. The number of aliphatic hydroxyl groups is 3. The maximum Gasteiger partial charge on any atom is 0.325 e. The van der Waals surface area contributed by atoms with E-state index < -0.39 is 40.4 Å². The predicted octanol–water partition coefficient (Wildman–Crippen LogP) is 1.62. The molecule has 0 aromatic heterocycles. The van der Waals surface area contributed by atoms with Crippen molar-refractivity contribution < 1.29 is 48.8 Å². The molecule has 0 aliphatic heterocycles. The van der Waals surface area contributed by atoms with Crippen LogP contribution in [0.5, 0.6) is 5.75 Å². The number of benzene rings is 2. The molecule has 0 bridgehead atoms. The Balaban J connectivity index is 2.15. The second-order valence-electron chi connectivity index (χ2n) is 8.10. The molecule has 0 aliphatic carbocycles. The van der Waals surface area contributed by atoms with E-state index in [2.05, 4.69) is 0 Å². The fourth-order valence-corrected chi connectivity index (χ4v) is 4.95. The first-order valence-electron chi connectivity index (χ1n) is 10.3. The lowest BCUT2D eigenvalue weighted by Crippen LogP contribution is -2.39. The summed E-state index contributed by atoms with van der Waals surface area (Å²) in [6.07, 6.45) is -0.419. The molecule has 7 N–H and O–H groups in total. The Morgan fingerprint density at radius 2 is 1.21 bits per heavy atom. The van der Waals surface area contributed by atoms with E-state index in [4.69, 9.17) is 4.74 Å². The zero-order chi connectivity index (χ0) is 25.4. The molecule has 190 valence electrons. The Labute approximate surface area is 201 Å². The van der Waals surface area contributed by atoms with Crippen molar-refractivity contribution in [2.75, 3.05) is 38.8 Å². The molecular formula is C21H30O10P2S. The Kier molecular flexibility index (Phi) is 10.8. The number of ether oxygens (including phenoxy) is 1. The molecule has 2 rings (SSSR count). The molecule has 0 aliphatic rings. The van der Waals surface area contributed by atoms with E-state index >= 15 is 0 Å². The fourth-order valence-electron chi connectivity index (χ4n) is 2.89. The first-order valence-corrected chi connectivity index (χ1v) is 14.7. The minimum atomic E-state index is -4.19. The van der Waals surface area contributed by atoms with Crippen molar-refractivity contribution in [3.05, 3.63) is 53.6 Å². The van der Waals surface area contributed by atoms with Crippen molar-refractivity contribution in [2.45, 2.75) is 22.6 Å². The van der Waals surface area contributed by atoms with Crippen molar-refractivity contribution in [3.8, 4) is 5.75 Å².